The number of nitrogens with one attached hydrogen (secondary N) is 1. The Morgan fingerprint density at radius 2 is 1.74 bits per heavy atom. The van der Waals surface area contributed by atoms with E-state index in [9.17, 15) is 5.11 Å². The molecule has 0 saturated heterocycles. The number of hydrogen-bond acceptors (Lipinski definition) is 3. The van der Waals surface area contributed by atoms with Gasteiger partial charge in [0.25, 0.3) is 0 Å². The van der Waals surface area contributed by atoms with Gasteiger partial charge >= 0.3 is 0 Å². The lowest BCUT2D eigenvalue weighted by Gasteiger charge is -2.30. The summed E-state index contributed by atoms with van der Waals surface area (Å²) in [4.78, 5) is 0. The topological polar surface area (TPSA) is 41.5 Å². The van der Waals surface area contributed by atoms with Gasteiger partial charge in [0.05, 0.1) is 18.8 Å². The Bertz CT molecular complexity index is 241. The molecule has 19 heavy (non-hydrogen) atoms. The van der Waals surface area contributed by atoms with Crippen LogP contribution < -0.4 is 5.32 Å². The molecular weight excluding hydrogens is 238 g/mol. The van der Waals surface area contributed by atoms with Crippen LogP contribution in [0.25, 0.3) is 0 Å². The van der Waals surface area contributed by atoms with Crippen molar-refractivity contribution < 1.29 is 9.84 Å². The van der Waals surface area contributed by atoms with Crippen molar-refractivity contribution in [1.82, 2.24) is 5.32 Å². The molecule has 0 aliphatic heterocycles. The van der Waals surface area contributed by atoms with Gasteiger partial charge in [-0.25, -0.2) is 0 Å². The van der Waals surface area contributed by atoms with Crippen LogP contribution in [-0.2, 0) is 4.74 Å². The Morgan fingerprint density at radius 3 is 2.47 bits per heavy atom. The number of hydrogen-bond donors (Lipinski definition) is 2. The highest BCUT2D eigenvalue weighted by atomic mass is 16.5. The molecule has 0 amide bonds. The maximum atomic E-state index is 10.0. The molecule has 2 aliphatic rings. The second-order valence-electron chi connectivity index (χ2n) is 6.52. The van der Waals surface area contributed by atoms with Crippen LogP contribution in [0.3, 0.4) is 0 Å². The minimum atomic E-state index is -0.351. The number of ether oxygens (including phenoxy) is 1. The third kappa shape index (κ3) is 5.41. The molecule has 3 unspecified atom stereocenters. The molecule has 0 bridgehead atoms. The molecule has 0 radical (unpaired) electrons. The van der Waals surface area contributed by atoms with Gasteiger partial charge < -0.3 is 15.2 Å². The van der Waals surface area contributed by atoms with Crippen molar-refractivity contribution in [1.29, 1.82) is 0 Å². The highest BCUT2D eigenvalue weighted by molar-refractivity contribution is 4.79. The summed E-state index contributed by atoms with van der Waals surface area (Å²) in [6.45, 7) is 3.50. The third-order valence-electron chi connectivity index (χ3n) is 4.80. The minimum absolute atomic E-state index is 0.351. The zero-order chi connectivity index (χ0) is 13.5. The van der Waals surface area contributed by atoms with Crippen LogP contribution in [0.1, 0.15) is 64.7 Å². The molecule has 0 aromatic carbocycles. The van der Waals surface area contributed by atoms with Crippen LogP contribution >= 0.6 is 0 Å². The van der Waals surface area contributed by atoms with E-state index < -0.39 is 0 Å². The van der Waals surface area contributed by atoms with E-state index in [0.29, 0.717) is 25.3 Å². The molecule has 2 N–H and O–H groups in total. The first-order chi connectivity index (χ1) is 9.25. The molecule has 0 aromatic rings. The Hall–Kier alpha value is -0.120. The Kier molecular flexibility index (Phi) is 6.62. The summed E-state index contributed by atoms with van der Waals surface area (Å²) in [7, 11) is 0. The van der Waals surface area contributed by atoms with E-state index in [-0.39, 0.29) is 6.10 Å². The number of aliphatic hydroxyl groups excluding tert-OH is 1. The first-order valence-electron chi connectivity index (χ1n) is 8.28. The largest absolute Gasteiger partial charge is 0.389 e. The molecule has 2 aliphatic carbocycles. The molecule has 3 atom stereocenters. The first-order valence-corrected chi connectivity index (χ1v) is 8.28. The zero-order valence-electron chi connectivity index (χ0n) is 12.4. The van der Waals surface area contributed by atoms with E-state index in [4.69, 9.17) is 4.74 Å². The number of rotatable bonds is 6. The summed E-state index contributed by atoms with van der Waals surface area (Å²) < 4.78 is 5.82. The van der Waals surface area contributed by atoms with Gasteiger partial charge in [0.2, 0.25) is 0 Å². The summed E-state index contributed by atoms with van der Waals surface area (Å²) in [5.41, 5.74) is 0. The standard InChI is InChI=1S/C16H31NO2/c1-13-7-5-6-10-16(13)17-11-14(18)12-19-15-8-3-2-4-9-15/h13-18H,2-12H2,1H3. The Morgan fingerprint density at radius 1 is 1.05 bits per heavy atom. The van der Waals surface area contributed by atoms with Crippen LogP contribution in [0.4, 0.5) is 0 Å². The Balaban J connectivity index is 1.57. The molecule has 0 aromatic heterocycles. The zero-order valence-corrected chi connectivity index (χ0v) is 12.4. The van der Waals surface area contributed by atoms with E-state index in [1.807, 2.05) is 0 Å². The predicted molar refractivity (Wildman–Crippen MR) is 78.3 cm³/mol. The fraction of sp³-hybridized carbons (Fsp3) is 1.00. The summed E-state index contributed by atoms with van der Waals surface area (Å²) in [6, 6.07) is 0.595. The minimum Gasteiger partial charge on any atom is -0.389 e. The SMILES string of the molecule is CC1CCCCC1NCC(O)COC1CCCCC1. The lowest BCUT2D eigenvalue weighted by molar-refractivity contribution is -0.0243. The van der Waals surface area contributed by atoms with Crippen molar-refractivity contribution in [2.45, 2.75) is 83.0 Å². The van der Waals surface area contributed by atoms with Crippen LogP contribution in [0.15, 0.2) is 0 Å². The van der Waals surface area contributed by atoms with Gasteiger partial charge in [0, 0.05) is 12.6 Å². The van der Waals surface area contributed by atoms with Gasteiger partial charge in [-0.2, -0.15) is 0 Å². The molecule has 0 spiro atoms. The van der Waals surface area contributed by atoms with Crippen molar-refractivity contribution in [2.24, 2.45) is 5.92 Å². The summed E-state index contributed by atoms with van der Waals surface area (Å²) in [6.07, 6.45) is 11.6. The predicted octanol–water partition coefficient (Wildman–Crippen LogP) is 2.86. The second kappa shape index (κ2) is 8.23. The highest BCUT2D eigenvalue weighted by Crippen LogP contribution is 2.23. The van der Waals surface area contributed by atoms with Gasteiger partial charge in [-0.15, -0.1) is 0 Å². The lowest BCUT2D eigenvalue weighted by Crippen LogP contribution is -2.42. The van der Waals surface area contributed by atoms with Crippen LogP contribution in [0.2, 0.25) is 0 Å². The fourth-order valence-corrected chi connectivity index (χ4v) is 3.44. The molecule has 112 valence electrons. The fourth-order valence-electron chi connectivity index (χ4n) is 3.44. The smallest absolute Gasteiger partial charge is 0.0897 e. The summed E-state index contributed by atoms with van der Waals surface area (Å²) in [5.74, 6) is 0.750. The molecule has 2 rings (SSSR count). The van der Waals surface area contributed by atoms with Gasteiger partial charge in [-0.1, -0.05) is 39.0 Å². The molecule has 0 heterocycles. The summed E-state index contributed by atoms with van der Waals surface area (Å²) in [5, 5.41) is 13.5. The molecule has 2 fully saturated rings. The van der Waals surface area contributed by atoms with Crippen molar-refractivity contribution in [3.8, 4) is 0 Å². The normalized spacial score (nSPS) is 31.3. The first kappa shape index (κ1) is 15.3. The van der Waals surface area contributed by atoms with Gasteiger partial charge in [0.15, 0.2) is 0 Å². The monoisotopic (exact) mass is 269 g/mol. The van der Waals surface area contributed by atoms with Crippen LogP contribution in [0, 0.1) is 5.92 Å². The molecule has 3 nitrogen and oxygen atoms in total. The quantitative estimate of drug-likeness (QED) is 0.779. The average molecular weight is 269 g/mol. The summed E-state index contributed by atoms with van der Waals surface area (Å²) >= 11 is 0. The Labute approximate surface area is 118 Å². The van der Waals surface area contributed by atoms with Crippen molar-refractivity contribution in [2.75, 3.05) is 13.2 Å². The van der Waals surface area contributed by atoms with E-state index in [1.165, 1.54) is 57.8 Å². The van der Waals surface area contributed by atoms with Crippen molar-refractivity contribution >= 4 is 0 Å². The van der Waals surface area contributed by atoms with Gasteiger partial charge in [-0.3, -0.25) is 0 Å². The van der Waals surface area contributed by atoms with Crippen LogP contribution in [0.5, 0.6) is 0 Å². The van der Waals surface area contributed by atoms with E-state index in [1.54, 1.807) is 0 Å². The van der Waals surface area contributed by atoms with Crippen molar-refractivity contribution in [3.05, 3.63) is 0 Å². The van der Waals surface area contributed by atoms with Gasteiger partial charge in [-0.05, 0) is 31.6 Å². The maximum Gasteiger partial charge on any atom is 0.0897 e. The second-order valence-corrected chi connectivity index (χ2v) is 6.52. The molecule has 3 heteroatoms. The van der Waals surface area contributed by atoms with E-state index in [2.05, 4.69) is 12.2 Å². The molecule has 2 saturated carbocycles. The van der Waals surface area contributed by atoms with E-state index in [0.717, 1.165) is 5.92 Å². The maximum absolute atomic E-state index is 10.0. The van der Waals surface area contributed by atoms with Crippen LogP contribution in [-0.4, -0.2) is 36.5 Å². The molecular formula is C16H31NO2. The van der Waals surface area contributed by atoms with Crippen molar-refractivity contribution in [3.63, 3.8) is 0 Å². The lowest BCUT2D eigenvalue weighted by atomic mass is 9.86. The third-order valence-corrected chi connectivity index (χ3v) is 4.80. The highest BCUT2D eigenvalue weighted by Gasteiger charge is 2.22. The average Bonchev–Trinajstić information content (AvgIpc) is 2.45. The van der Waals surface area contributed by atoms with E-state index >= 15 is 0 Å². The number of aliphatic hydroxyl groups is 1. The van der Waals surface area contributed by atoms with Gasteiger partial charge in [0.1, 0.15) is 0 Å².